The molecule has 1 aromatic rings. The van der Waals surface area contributed by atoms with Crippen molar-refractivity contribution in [2.45, 2.75) is 13.3 Å². The third kappa shape index (κ3) is 2.42. The summed E-state index contributed by atoms with van der Waals surface area (Å²) in [7, 11) is 0. The first-order chi connectivity index (χ1) is 5.33. The average molecular weight is 149 g/mol. The molecule has 0 unspecified atom stereocenters. The van der Waals surface area contributed by atoms with E-state index in [2.05, 4.69) is 0 Å². The van der Waals surface area contributed by atoms with Gasteiger partial charge >= 0.3 is 0 Å². The topological polar surface area (TPSA) is 26.9 Å². The van der Waals surface area contributed by atoms with E-state index in [1.165, 1.54) is 0 Å². The van der Waals surface area contributed by atoms with E-state index in [9.17, 15) is 5.11 Å². The van der Waals surface area contributed by atoms with Crippen molar-refractivity contribution in [3.05, 3.63) is 36.4 Å². The van der Waals surface area contributed by atoms with Gasteiger partial charge in [-0.2, -0.15) is 4.57 Å². The molecule has 0 radical (unpaired) electrons. The summed E-state index contributed by atoms with van der Waals surface area (Å²) >= 11 is 0. The Labute approximate surface area is 66.4 Å². The largest absolute Gasteiger partial charge is 0.871 e. The van der Waals surface area contributed by atoms with Crippen LogP contribution in [0.1, 0.15) is 13.3 Å². The normalized spacial score (nSPS) is 11.5. The fourth-order valence-corrected chi connectivity index (χ4v) is 0.756. The van der Waals surface area contributed by atoms with Gasteiger partial charge in [-0.3, -0.25) is 0 Å². The van der Waals surface area contributed by atoms with Crippen LogP contribution in [0, 0.1) is 0 Å². The zero-order chi connectivity index (χ0) is 8.10. The number of aromatic nitrogens is 1. The highest BCUT2D eigenvalue weighted by molar-refractivity contribution is 5.10. The van der Waals surface area contributed by atoms with E-state index in [-0.39, 0.29) is 5.76 Å². The van der Waals surface area contributed by atoms with Crippen molar-refractivity contribution in [1.29, 1.82) is 0 Å². The number of hydrogen-bond donors (Lipinski definition) is 0. The van der Waals surface area contributed by atoms with Gasteiger partial charge in [0.1, 0.15) is 0 Å². The van der Waals surface area contributed by atoms with E-state index in [1.807, 2.05) is 37.5 Å². The van der Waals surface area contributed by atoms with E-state index in [0.717, 1.165) is 0 Å². The summed E-state index contributed by atoms with van der Waals surface area (Å²) in [6.07, 6.45) is 5.82. The first-order valence-corrected chi connectivity index (χ1v) is 3.66. The summed E-state index contributed by atoms with van der Waals surface area (Å²) in [6.45, 7) is 1.85. The Hall–Kier alpha value is -1.31. The zero-order valence-electron chi connectivity index (χ0n) is 6.53. The van der Waals surface area contributed by atoms with Crippen LogP contribution in [0.2, 0.25) is 0 Å². The van der Waals surface area contributed by atoms with Gasteiger partial charge in [0.25, 0.3) is 0 Å². The molecular formula is C9H11NO. The first-order valence-electron chi connectivity index (χ1n) is 3.66. The lowest BCUT2D eigenvalue weighted by Gasteiger charge is -2.02. The first kappa shape index (κ1) is 7.79. The third-order valence-electron chi connectivity index (χ3n) is 1.38. The summed E-state index contributed by atoms with van der Waals surface area (Å²) in [4.78, 5) is 0. The highest BCUT2D eigenvalue weighted by Gasteiger charge is 1.88. The van der Waals surface area contributed by atoms with Gasteiger partial charge in [0.2, 0.25) is 0 Å². The third-order valence-corrected chi connectivity index (χ3v) is 1.38. The molecule has 0 spiro atoms. The molecule has 0 saturated heterocycles. The zero-order valence-corrected chi connectivity index (χ0v) is 6.53. The van der Waals surface area contributed by atoms with Crippen LogP contribution in [0.3, 0.4) is 0 Å². The lowest BCUT2D eigenvalue weighted by molar-refractivity contribution is -0.573. The van der Waals surface area contributed by atoms with Gasteiger partial charge in [0.15, 0.2) is 18.6 Å². The van der Waals surface area contributed by atoms with Crippen LogP contribution in [-0.2, 0) is 0 Å². The van der Waals surface area contributed by atoms with Gasteiger partial charge in [-0.1, -0.05) is 18.7 Å². The predicted octanol–water partition coefficient (Wildman–Crippen LogP) is 0.543. The summed E-state index contributed by atoms with van der Waals surface area (Å²) in [5.41, 5.74) is 0. The summed E-state index contributed by atoms with van der Waals surface area (Å²) in [5, 5.41) is 10.9. The van der Waals surface area contributed by atoms with Gasteiger partial charge in [0, 0.05) is 12.1 Å². The molecule has 2 heteroatoms. The quantitative estimate of drug-likeness (QED) is 0.445. The molecule has 11 heavy (non-hydrogen) atoms. The van der Waals surface area contributed by atoms with Crippen molar-refractivity contribution in [3.63, 3.8) is 0 Å². The van der Waals surface area contributed by atoms with Crippen LogP contribution in [0.4, 0.5) is 0 Å². The minimum absolute atomic E-state index is 0.140. The fraction of sp³-hybridized carbons (Fsp3) is 0.222. The smallest absolute Gasteiger partial charge is 0.174 e. The fourth-order valence-electron chi connectivity index (χ4n) is 0.756. The Kier molecular flexibility index (Phi) is 2.66. The van der Waals surface area contributed by atoms with Crippen LogP contribution in [-0.4, -0.2) is 0 Å². The molecule has 0 aliphatic heterocycles. The van der Waals surface area contributed by atoms with Gasteiger partial charge in [-0.25, -0.2) is 0 Å². The van der Waals surface area contributed by atoms with E-state index in [1.54, 1.807) is 10.8 Å². The molecule has 0 aromatic carbocycles. The maximum absolute atomic E-state index is 10.9. The number of hydrogen-bond acceptors (Lipinski definition) is 1. The number of rotatable bonds is 2. The van der Waals surface area contributed by atoms with E-state index < -0.39 is 0 Å². The molecule has 2 nitrogen and oxygen atoms in total. The Bertz CT molecular complexity index is 241. The highest BCUT2D eigenvalue weighted by atomic mass is 16.3. The van der Waals surface area contributed by atoms with Crippen molar-refractivity contribution in [2.24, 2.45) is 0 Å². The average Bonchev–Trinajstić information content (AvgIpc) is 2.06. The van der Waals surface area contributed by atoms with Crippen molar-refractivity contribution in [2.75, 3.05) is 0 Å². The molecule has 0 N–H and O–H groups in total. The molecule has 0 saturated carbocycles. The second-order valence-corrected chi connectivity index (χ2v) is 2.27. The van der Waals surface area contributed by atoms with Gasteiger partial charge in [-0.05, 0) is 6.42 Å². The van der Waals surface area contributed by atoms with Crippen molar-refractivity contribution < 1.29 is 9.67 Å². The minimum atomic E-state index is 0.140. The Morgan fingerprint density at radius 1 is 1.36 bits per heavy atom. The van der Waals surface area contributed by atoms with Crippen LogP contribution in [0.5, 0.6) is 0 Å². The molecule has 0 amide bonds. The SMILES string of the molecule is CC/C([O-])=C/[n+]1ccccc1. The summed E-state index contributed by atoms with van der Waals surface area (Å²) < 4.78 is 1.76. The van der Waals surface area contributed by atoms with Crippen LogP contribution in [0.25, 0.3) is 6.20 Å². The molecule has 58 valence electrons. The van der Waals surface area contributed by atoms with Gasteiger partial charge in [0.05, 0.1) is 0 Å². The lowest BCUT2D eigenvalue weighted by Crippen LogP contribution is -2.26. The summed E-state index contributed by atoms with van der Waals surface area (Å²) in [5.74, 6) is 0.140. The minimum Gasteiger partial charge on any atom is -0.871 e. The number of allylic oxidation sites excluding steroid dienone is 1. The van der Waals surface area contributed by atoms with Crippen LogP contribution in [0.15, 0.2) is 36.4 Å². The predicted molar refractivity (Wildman–Crippen MR) is 41.2 cm³/mol. The summed E-state index contributed by atoms with van der Waals surface area (Å²) in [6, 6.07) is 5.69. The second-order valence-electron chi connectivity index (χ2n) is 2.27. The molecule has 0 aliphatic rings. The lowest BCUT2D eigenvalue weighted by atomic mass is 10.4. The Morgan fingerprint density at radius 2 is 2.00 bits per heavy atom. The molecule has 0 atom stereocenters. The van der Waals surface area contributed by atoms with Crippen molar-refractivity contribution >= 4 is 6.20 Å². The van der Waals surface area contributed by atoms with E-state index in [0.29, 0.717) is 6.42 Å². The maximum Gasteiger partial charge on any atom is 0.174 e. The van der Waals surface area contributed by atoms with Crippen LogP contribution < -0.4 is 9.67 Å². The molecule has 1 rings (SSSR count). The molecule has 0 aliphatic carbocycles. The Morgan fingerprint density at radius 3 is 2.55 bits per heavy atom. The van der Waals surface area contributed by atoms with Crippen LogP contribution >= 0.6 is 0 Å². The van der Waals surface area contributed by atoms with Gasteiger partial charge < -0.3 is 5.11 Å². The highest BCUT2D eigenvalue weighted by Crippen LogP contribution is 1.87. The number of nitrogens with zero attached hydrogens (tertiary/aromatic N) is 1. The van der Waals surface area contributed by atoms with Crippen molar-refractivity contribution in [3.8, 4) is 0 Å². The number of pyridine rings is 1. The standard InChI is InChI=1S/C9H11NO/c1-2-9(11)8-10-6-4-3-5-7-10/h3-8H,2H2,1H3/b9-8-. The molecule has 0 bridgehead atoms. The maximum atomic E-state index is 10.9. The second kappa shape index (κ2) is 3.76. The Balaban J connectivity index is 2.79. The van der Waals surface area contributed by atoms with E-state index >= 15 is 0 Å². The molecule has 1 aromatic heterocycles. The van der Waals surface area contributed by atoms with E-state index in [4.69, 9.17) is 0 Å². The van der Waals surface area contributed by atoms with Crippen molar-refractivity contribution in [1.82, 2.24) is 0 Å². The monoisotopic (exact) mass is 149 g/mol. The molecular weight excluding hydrogens is 138 g/mol. The van der Waals surface area contributed by atoms with Gasteiger partial charge in [-0.15, -0.1) is 0 Å². The molecule has 0 fully saturated rings. The molecule has 1 heterocycles.